The van der Waals surface area contributed by atoms with Crippen molar-refractivity contribution in [2.24, 2.45) is 5.92 Å². The van der Waals surface area contributed by atoms with Gasteiger partial charge in [0.2, 0.25) is 11.4 Å². The highest BCUT2D eigenvalue weighted by Crippen LogP contribution is 2.41. The molecule has 6 heteroatoms. The minimum Gasteiger partial charge on any atom is -0.744 e. The summed E-state index contributed by atoms with van der Waals surface area (Å²) in [6.07, 6.45) is 7.81. The smallest absolute Gasteiger partial charge is 0.210 e. The van der Waals surface area contributed by atoms with Crippen molar-refractivity contribution in [1.29, 1.82) is 0 Å². The zero-order valence-corrected chi connectivity index (χ0v) is 36.3. The van der Waals surface area contributed by atoms with Crippen molar-refractivity contribution in [2.75, 3.05) is 5.32 Å². The fraction of sp³-hybridized carbons (Fsp3) is 0.367. The van der Waals surface area contributed by atoms with Crippen LogP contribution in [0.15, 0.2) is 76.7 Å². The SMILES string of the molecule is CCCc1cc(C)cc(S(=O)(=O)[O-])c1C(=C1C=CC(=[NH+]c2c(C)cc(C)c(C)c2C)C(C(C)C)=C1)c1ccc(Nc2c(C)cc(C)c(C)c2C)c(C(C)C)c1. The summed E-state index contributed by atoms with van der Waals surface area (Å²) >= 11 is 0. The van der Waals surface area contributed by atoms with Crippen molar-refractivity contribution in [3.63, 3.8) is 0 Å². The second kappa shape index (κ2) is 16.3. The van der Waals surface area contributed by atoms with E-state index in [0.29, 0.717) is 12.0 Å². The number of benzene rings is 4. The van der Waals surface area contributed by atoms with Crippen LogP contribution >= 0.6 is 0 Å². The van der Waals surface area contributed by atoms with Crippen LogP contribution in [0.5, 0.6) is 0 Å². The Morgan fingerprint density at radius 2 is 1.38 bits per heavy atom. The Kier molecular flexibility index (Phi) is 12.3. The van der Waals surface area contributed by atoms with Crippen molar-refractivity contribution >= 4 is 38.5 Å². The number of nitrogens with one attached hydrogen (secondary N) is 2. The van der Waals surface area contributed by atoms with Gasteiger partial charge in [-0.15, -0.1) is 0 Å². The quantitative estimate of drug-likeness (QED) is 0.158. The molecule has 290 valence electrons. The summed E-state index contributed by atoms with van der Waals surface area (Å²) in [5, 5.41) is 3.79. The van der Waals surface area contributed by atoms with E-state index >= 15 is 0 Å². The molecule has 0 spiro atoms. The molecule has 0 saturated heterocycles. The van der Waals surface area contributed by atoms with Gasteiger partial charge in [0, 0.05) is 39.7 Å². The van der Waals surface area contributed by atoms with E-state index in [4.69, 9.17) is 0 Å². The molecule has 4 aromatic carbocycles. The summed E-state index contributed by atoms with van der Waals surface area (Å²) < 4.78 is 39.7. The lowest BCUT2D eigenvalue weighted by atomic mass is 9.82. The fourth-order valence-corrected chi connectivity index (χ4v) is 8.88. The first-order chi connectivity index (χ1) is 25.7. The predicted molar refractivity (Wildman–Crippen MR) is 231 cm³/mol. The Morgan fingerprint density at radius 3 is 1.98 bits per heavy atom. The molecule has 2 N–H and O–H groups in total. The number of anilines is 2. The van der Waals surface area contributed by atoms with Gasteiger partial charge in [-0.05, 0) is 184 Å². The third-order valence-electron chi connectivity index (χ3n) is 11.5. The number of aryl methyl sites for hydroxylation is 6. The van der Waals surface area contributed by atoms with E-state index in [1.807, 2.05) is 13.0 Å². The first kappa shape index (κ1) is 41.6. The second-order valence-electron chi connectivity index (χ2n) is 16.3. The Bertz CT molecular complexity index is 2420. The van der Waals surface area contributed by atoms with Gasteiger partial charge >= 0.3 is 0 Å². The van der Waals surface area contributed by atoms with Crippen LogP contribution in [0, 0.1) is 68.2 Å². The molecule has 0 atom stereocenters. The second-order valence-corrected chi connectivity index (χ2v) is 17.7. The zero-order chi connectivity index (χ0) is 40.7. The number of hydrogen-bond donors (Lipinski definition) is 2. The molecule has 0 amide bonds. The van der Waals surface area contributed by atoms with E-state index in [1.54, 1.807) is 6.07 Å². The molecule has 5 nitrogen and oxygen atoms in total. The molecule has 0 radical (unpaired) electrons. The van der Waals surface area contributed by atoms with Gasteiger partial charge in [-0.3, -0.25) is 0 Å². The third-order valence-corrected chi connectivity index (χ3v) is 12.4. The van der Waals surface area contributed by atoms with E-state index in [2.05, 4.69) is 149 Å². The molecule has 0 bridgehead atoms. The molecular formula is C49H60N2O3S. The zero-order valence-electron chi connectivity index (χ0n) is 35.5. The highest BCUT2D eigenvalue weighted by molar-refractivity contribution is 7.85. The van der Waals surface area contributed by atoms with E-state index in [0.717, 1.165) is 68.2 Å². The first-order valence-electron chi connectivity index (χ1n) is 19.7. The summed E-state index contributed by atoms with van der Waals surface area (Å²) in [7, 11) is -4.84. The van der Waals surface area contributed by atoms with Gasteiger partial charge in [-0.2, -0.15) is 0 Å². The number of allylic oxidation sites excluding steroid dienone is 5. The van der Waals surface area contributed by atoms with Gasteiger partial charge in [0.15, 0.2) is 0 Å². The third kappa shape index (κ3) is 8.51. The van der Waals surface area contributed by atoms with Crippen LogP contribution < -0.4 is 10.3 Å². The van der Waals surface area contributed by atoms with E-state index in [-0.39, 0.29) is 16.7 Å². The van der Waals surface area contributed by atoms with Crippen LogP contribution in [-0.2, 0) is 16.5 Å². The van der Waals surface area contributed by atoms with Crippen molar-refractivity contribution < 1.29 is 18.0 Å². The van der Waals surface area contributed by atoms with Crippen molar-refractivity contribution in [3.8, 4) is 0 Å². The molecule has 1 aliphatic rings. The highest BCUT2D eigenvalue weighted by Gasteiger charge is 2.27. The maximum absolute atomic E-state index is 13.2. The van der Waals surface area contributed by atoms with E-state index < -0.39 is 10.1 Å². The maximum atomic E-state index is 13.2. The first-order valence-corrected chi connectivity index (χ1v) is 21.1. The van der Waals surface area contributed by atoms with Gasteiger partial charge in [0.05, 0.1) is 4.90 Å². The molecule has 0 aliphatic heterocycles. The van der Waals surface area contributed by atoms with Crippen LogP contribution in [0.25, 0.3) is 5.57 Å². The predicted octanol–water partition coefficient (Wildman–Crippen LogP) is 11.0. The summed E-state index contributed by atoms with van der Waals surface area (Å²) in [6.45, 7) is 29.9. The Hall–Kier alpha value is -4.52. The minimum absolute atomic E-state index is 0.147. The Morgan fingerprint density at radius 1 is 0.745 bits per heavy atom. The number of rotatable bonds is 10. The summed E-state index contributed by atoms with van der Waals surface area (Å²) in [5.41, 5.74) is 20.9. The standard InChI is InChI=1S/C49H60N2O3S/c1-15-16-38-21-29(6)22-45(55(52,53)54)47(38)46(39-17-19-43(41(25-39)27(2)3)50-48-32(9)23-30(7)34(11)36(48)13)40-18-20-44(42(26-40)28(4)5)51-49-33(10)24-31(8)35(12)37(49)14/h17-28,50H,15-16H2,1-14H3,(H,52,53,54). The van der Waals surface area contributed by atoms with Gasteiger partial charge in [0.25, 0.3) is 0 Å². The molecule has 1 aliphatic carbocycles. The molecule has 5 rings (SSSR count). The largest absolute Gasteiger partial charge is 0.744 e. The van der Waals surface area contributed by atoms with Gasteiger partial charge in [0.1, 0.15) is 10.1 Å². The fourth-order valence-electron chi connectivity index (χ4n) is 8.07. The van der Waals surface area contributed by atoms with Gasteiger partial charge in [-0.1, -0.05) is 59.2 Å². The maximum Gasteiger partial charge on any atom is 0.210 e. The molecule has 0 heterocycles. The van der Waals surface area contributed by atoms with Crippen LogP contribution in [0.1, 0.15) is 119 Å². The molecular weight excluding hydrogens is 697 g/mol. The van der Waals surface area contributed by atoms with Crippen LogP contribution in [0.4, 0.5) is 17.1 Å². The molecule has 0 fully saturated rings. The highest BCUT2D eigenvalue weighted by atomic mass is 32.2. The van der Waals surface area contributed by atoms with Crippen LogP contribution in [-0.4, -0.2) is 18.7 Å². The Labute approximate surface area is 331 Å². The lowest BCUT2D eigenvalue weighted by Crippen LogP contribution is -2.67. The summed E-state index contributed by atoms with van der Waals surface area (Å²) in [5.74, 6) is 0.294. The Balaban J connectivity index is 1.85. The topological polar surface area (TPSA) is 83.2 Å². The average molecular weight is 757 g/mol. The van der Waals surface area contributed by atoms with E-state index in [9.17, 15) is 13.0 Å². The molecule has 4 aromatic rings. The lowest BCUT2D eigenvalue weighted by molar-refractivity contribution is -0.353. The number of hydrogen-bond acceptors (Lipinski definition) is 4. The monoisotopic (exact) mass is 756 g/mol. The molecule has 0 aromatic heterocycles. The van der Waals surface area contributed by atoms with Crippen LogP contribution in [0.2, 0.25) is 0 Å². The van der Waals surface area contributed by atoms with Gasteiger partial charge in [-0.25, -0.2) is 13.4 Å². The van der Waals surface area contributed by atoms with Crippen molar-refractivity contribution in [1.82, 2.24) is 0 Å². The van der Waals surface area contributed by atoms with Gasteiger partial charge < -0.3 is 9.87 Å². The molecule has 0 unspecified atom stereocenters. The lowest BCUT2D eigenvalue weighted by Gasteiger charge is -2.25. The van der Waals surface area contributed by atoms with Crippen LogP contribution in [0.3, 0.4) is 0 Å². The van der Waals surface area contributed by atoms with Crippen molar-refractivity contribution in [3.05, 3.63) is 144 Å². The average Bonchev–Trinajstić information content (AvgIpc) is 3.11. The molecule has 55 heavy (non-hydrogen) atoms. The van der Waals surface area contributed by atoms with E-state index in [1.165, 1.54) is 44.5 Å². The normalized spacial score (nSPS) is 15.0. The minimum atomic E-state index is -4.84. The van der Waals surface area contributed by atoms with Crippen molar-refractivity contribution in [2.45, 2.75) is 121 Å². The summed E-state index contributed by atoms with van der Waals surface area (Å²) in [4.78, 5) is 3.62. The molecule has 0 saturated carbocycles. The summed E-state index contributed by atoms with van der Waals surface area (Å²) in [6, 6.07) is 14.4.